The summed E-state index contributed by atoms with van der Waals surface area (Å²) < 4.78 is 19.1. The van der Waals surface area contributed by atoms with E-state index in [1.807, 2.05) is 32.0 Å². The largest absolute Gasteiger partial charge is 0.489 e. The average molecular weight is 259 g/mol. The first-order valence-electron chi connectivity index (χ1n) is 6.28. The highest BCUT2D eigenvalue weighted by Gasteiger charge is 2.05. The first-order chi connectivity index (χ1) is 9.11. The van der Waals surface area contributed by atoms with E-state index in [4.69, 9.17) is 10.5 Å². The summed E-state index contributed by atoms with van der Waals surface area (Å²) in [5.41, 5.74) is 9.25. The second-order valence-corrected chi connectivity index (χ2v) is 4.62. The molecule has 0 radical (unpaired) electrons. The molecule has 0 fully saturated rings. The van der Waals surface area contributed by atoms with Crippen LogP contribution in [0.5, 0.6) is 5.75 Å². The smallest absolute Gasteiger partial charge is 0.127 e. The minimum absolute atomic E-state index is 0.198. The van der Waals surface area contributed by atoms with E-state index in [1.165, 1.54) is 11.6 Å². The molecule has 0 bridgehead atoms. The Morgan fingerprint density at radius 3 is 2.68 bits per heavy atom. The van der Waals surface area contributed by atoms with E-state index in [9.17, 15) is 4.39 Å². The molecule has 0 atom stereocenters. The molecule has 0 unspecified atom stereocenters. The van der Waals surface area contributed by atoms with E-state index in [1.54, 1.807) is 12.1 Å². The van der Waals surface area contributed by atoms with Crippen LogP contribution in [-0.4, -0.2) is 0 Å². The van der Waals surface area contributed by atoms with Gasteiger partial charge >= 0.3 is 0 Å². The van der Waals surface area contributed by atoms with Crippen LogP contribution in [0.25, 0.3) is 0 Å². The SMILES string of the molecule is Cc1cccc(OCc2ccc(F)c(CN)c2)c1C. The fourth-order valence-corrected chi connectivity index (χ4v) is 1.92. The van der Waals surface area contributed by atoms with Gasteiger partial charge in [-0.2, -0.15) is 0 Å². The highest BCUT2D eigenvalue weighted by atomic mass is 19.1. The van der Waals surface area contributed by atoms with Crippen molar-refractivity contribution in [3.8, 4) is 5.75 Å². The summed E-state index contributed by atoms with van der Waals surface area (Å²) >= 11 is 0. The summed E-state index contributed by atoms with van der Waals surface area (Å²) in [7, 11) is 0. The maximum atomic E-state index is 13.3. The van der Waals surface area contributed by atoms with Gasteiger partial charge in [0, 0.05) is 12.1 Å². The van der Waals surface area contributed by atoms with Gasteiger partial charge in [-0.15, -0.1) is 0 Å². The summed E-state index contributed by atoms with van der Waals surface area (Å²) in [6.45, 7) is 4.69. The molecule has 0 aliphatic rings. The molecule has 19 heavy (non-hydrogen) atoms. The highest BCUT2D eigenvalue weighted by molar-refractivity contribution is 5.38. The Morgan fingerprint density at radius 1 is 1.16 bits per heavy atom. The molecule has 100 valence electrons. The number of rotatable bonds is 4. The van der Waals surface area contributed by atoms with E-state index in [-0.39, 0.29) is 12.4 Å². The minimum atomic E-state index is -0.266. The third kappa shape index (κ3) is 3.12. The van der Waals surface area contributed by atoms with Crippen LogP contribution >= 0.6 is 0 Å². The van der Waals surface area contributed by atoms with Gasteiger partial charge in [-0.05, 0) is 48.7 Å². The van der Waals surface area contributed by atoms with Gasteiger partial charge < -0.3 is 10.5 Å². The summed E-state index contributed by atoms with van der Waals surface area (Å²) in [6, 6.07) is 10.9. The molecule has 0 spiro atoms. The third-order valence-electron chi connectivity index (χ3n) is 3.28. The average Bonchev–Trinajstić information content (AvgIpc) is 2.42. The summed E-state index contributed by atoms with van der Waals surface area (Å²) in [5.74, 6) is 0.594. The monoisotopic (exact) mass is 259 g/mol. The van der Waals surface area contributed by atoms with Gasteiger partial charge in [0.05, 0.1) is 0 Å². The second-order valence-electron chi connectivity index (χ2n) is 4.62. The van der Waals surface area contributed by atoms with E-state index in [0.29, 0.717) is 12.2 Å². The van der Waals surface area contributed by atoms with Crippen molar-refractivity contribution in [2.45, 2.75) is 27.0 Å². The van der Waals surface area contributed by atoms with Gasteiger partial charge in [-0.25, -0.2) is 4.39 Å². The van der Waals surface area contributed by atoms with Crippen LogP contribution in [0.4, 0.5) is 4.39 Å². The van der Waals surface area contributed by atoms with E-state index in [2.05, 4.69) is 0 Å². The molecule has 2 aromatic carbocycles. The van der Waals surface area contributed by atoms with Crippen LogP contribution in [0.3, 0.4) is 0 Å². The van der Waals surface area contributed by atoms with Gasteiger partial charge in [-0.3, -0.25) is 0 Å². The maximum Gasteiger partial charge on any atom is 0.127 e. The normalized spacial score (nSPS) is 10.5. The second kappa shape index (κ2) is 5.85. The van der Waals surface area contributed by atoms with Gasteiger partial charge in [0.2, 0.25) is 0 Å². The number of ether oxygens (including phenoxy) is 1. The van der Waals surface area contributed by atoms with Crippen LogP contribution in [0.2, 0.25) is 0 Å². The van der Waals surface area contributed by atoms with E-state index < -0.39 is 0 Å². The number of benzene rings is 2. The van der Waals surface area contributed by atoms with Gasteiger partial charge in [0.25, 0.3) is 0 Å². The van der Waals surface area contributed by atoms with Gasteiger partial charge in [0.1, 0.15) is 18.2 Å². The molecule has 0 amide bonds. The molecular weight excluding hydrogens is 241 g/mol. The number of halogens is 1. The van der Waals surface area contributed by atoms with Crippen molar-refractivity contribution in [3.63, 3.8) is 0 Å². The van der Waals surface area contributed by atoms with Gasteiger partial charge in [-0.1, -0.05) is 18.2 Å². The zero-order chi connectivity index (χ0) is 13.8. The Kier molecular flexibility index (Phi) is 4.17. The number of hydrogen-bond donors (Lipinski definition) is 1. The molecule has 0 aliphatic carbocycles. The Balaban J connectivity index is 2.12. The zero-order valence-electron chi connectivity index (χ0n) is 11.2. The molecule has 0 aromatic heterocycles. The number of hydrogen-bond acceptors (Lipinski definition) is 2. The Bertz CT molecular complexity index is 581. The summed E-state index contributed by atoms with van der Waals surface area (Å²) in [4.78, 5) is 0. The van der Waals surface area contributed by atoms with Crippen molar-refractivity contribution in [2.75, 3.05) is 0 Å². The zero-order valence-corrected chi connectivity index (χ0v) is 11.2. The van der Waals surface area contributed by atoms with Crippen molar-refractivity contribution in [3.05, 3.63) is 64.5 Å². The summed E-state index contributed by atoms with van der Waals surface area (Å²) in [5, 5.41) is 0. The lowest BCUT2D eigenvalue weighted by molar-refractivity contribution is 0.303. The standard InChI is InChI=1S/C16H18FNO/c1-11-4-3-5-16(12(11)2)19-10-13-6-7-15(17)14(8-13)9-18/h3-8H,9-10,18H2,1-2H3. The molecule has 2 rings (SSSR count). The Morgan fingerprint density at radius 2 is 1.95 bits per heavy atom. The molecule has 2 N–H and O–H groups in total. The van der Waals surface area contributed by atoms with E-state index in [0.717, 1.165) is 16.9 Å². The van der Waals surface area contributed by atoms with E-state index >= 15 is 0 Å². The topological polar surface area (TPSA) is 35.2 Å². The molecule has 3 heteroatoms. The number of nitrogens with two attached hydrogens (primary N) is 1. The molecule has 2 aromatic rings. The minimum Gasteiger partial charge on any atom is -0.489 e. The molecule has 2 nitrogen and oxygen atoms in total. The van der Waals surface area contributed by atoms with Crippen LogP contribution in [0.1, 0.15) is 22.3 Å². The first-order valence-corrected chi connectivity index (χ1v) is 6.28. The first kappa shape index (κ1) is 13.6. The van der Waals surface area contributed by atoms with Crippen molar-refractivity contribution >= 4 is 0 Å². The predicted molar refractivity (Wildman–Crippen MR) is 74.5 cm³/mol. The number of aryl methyl sites for hydroxylation is 1. The Labute approximate surface area is 113 Å². The maximum absolute atomic E-state index is 13.3. The molecule has 0 saturated heterocycles. The van der Waals surface area contributed by atoms with Crippen LogP contribution in [0, 0.1) is 19.7 Å². The van der Waals surface area contributed by atoms with Crippen molar-refractivity contribution in [2.24, 2.45) is 5.73 Å². The summed E-state index contributed by atoms with van der Waals surface area (Å²) in [6.07, 6.45) is 0. The fraction of sp³-hybridized carbons (Fsp3) is 0.250. The molecule has 0 aliphatic heterocycles. The molecular formula is C16H18FNO. The lowest BCUT2D eigenvalue weighted by atomic mass is 10.1. The lowest BCUT2D eigenvalue weighted by Crippen LogP contribution is -2.03. The highest BCUT2D eigenvalue weighted by Crippen LogP contribution is 2.22. The van der Waals surface area contributed by atoms with Crippen molar-refractivity contribution in [1.29, 1.82) is 0 Å². The predicted octanol–water partition coefficient (Wildman–Crippen LogP) is 3.48. The van der Waals surface area contributed by atoms with Crippen LogP contribution in [-0.2, 0) is 13.2 Å². The van der Waals surface area contributed by atoms with Crippen molar-refractivity contribution in [1.82, 2.24) is 0 Å². The Hall–Kier alpha value is -1.87. The lowest BCUT2D eigenvalue weighted by Gasteiger charge is -2.11. The molecule has 0 saturated carbocycles. The van der Waals surface area contributed by atoms with Gasteiger partial charge in [0.15, 0.2) is 0 Å². The third-order valence-corrected chi connectivity index (χ3v) is 3.28. The van der Waals surface area contributed by atoms with Crippen molar-refractivity contribution < 1.29 is 9.13 Å². The van der Waals surface area contributed by atoms with Crippen LogP contribution in [0.15, 0.2) is 36.4 Å². The molecule has 0 heterocycles. The van der Waals surface area contributed by atoms with Crippen LogP contribution < -0.4 is 10.5 Å². The fourth-order valence-electron chi connectivity index (χ4n) is 1.92. The quantitative estimate of drug-likeness (QED) is 0.912.